The minimum Gasteiger partial charge on any atom is -0.394 e. The predicted molar refractivity (Wildman–Crippen MR) is 81.1 cm³/mol. The normalized spacial score (nSPS) is 22.9. The molecule has 1 aliphatic rings. The molecule has 1 saturated heterocycles. The van der Waals surface area contributed by atoms with Crippen LogP contribution in [-0.4, -0.2) is 53.7 Å². The van der Waals surface area contributed by atoms with E-state index >= 15 is 0 Å². The summed E-state index contributed by atoms with van der Waals surface area (Å²) in [5.74, 6) is -0.0625. The number of aliphatic hydroxyl groups is 1. The predicted octanol–water partition coefficient (Wildman–Crippen LogP) is 2.71. The number of rotatable bonds is 4. The lowest BCUT2D eigenvalue weighted by Gasteiger charge is -2.42. The molecule has 2 rings (SSSR count). The van der Waals surface area contributed by atoms with E-state index in [0.717, 1.165) is 0 Å². The van der Waals surface area contributed by atoms with E-state index < -0.39 is 0 Å². The van der Waals surface area contributed by atoms with Crippen LogP contribution in [-0.2, 0) is 4.74 Å². The van der Waals surface area contributed by atoms with E-state index in [1.807, 2.05) is 18.7 Å². The van der Waals surface area contributed by atoms with Gasteiger partial charge in [-0.15, -0.1) is 11.3 Å². The summed E-state index contributed by atoms with van der Waals surface area (Å²) in [4.78, 5) is 14.3. The standard InChI is InChI=1S/C13H17Cl2NO3S/c1-13(2)7-16(4-8(6-17)19-13)5-10(18)9-3-11(14)20-12(9)15/h3,8,17H,4-7H2,1-2H3. The summed E-state index contributed by atoms with van der Waals surface area (Å²) >= 11 is 13.0. The van der Waals surface area contributed by atoms with Gasteiger partial charge in [-0.1, -0.05) is 23.2 Å². The van der Waals surface area contributed by atoms with Gasteiger partial charge in [-0.25, -0.2) is 0 Å². The summed E-state index contributed by atoms with van der Waals surface area (Å²) in [6.45, 7) is 5.24. The van der Waals surface area contributed by atoms with Crippen molar-refractivity contribution in [2.75, 3.05) is 26.2 Å². The van der Waals surface area contributed by atoms with Crippen LogP contribution in [0, 0.1) is 0 Å². The van der Waals surface area contributed by atoms with Gasteiger partial charge in [-0.2, -0.15) is 0 Å². The molecular formula is C13H17Cl2NO3S. The van der Waals surface area contributed by atoms with Crippen molar-refractivity contribution in [3.05, 3.63) is 20.3 Å². The van der Waals surface area contributed by atoms with Crippen LogP contribution in [0.4, 0.5) is 0 Å². The third-order valence-electron chi connectivity index (χ3n) is 3.08. The van der Waals surface area contributed by atoms with Crippen molar-refractivity contribution < 1.29 is 14.6 Å². The highest BCUT2D eigenvalue weighted by molar-refractivity contribution is 7.20. The van der Waals surface area contributed by atoms with Gasteiger partial charge in [0.2, 0.25) is 0 Å². The van der Waals surface area contributed by atoms with E-state index in [1.54, 1.807) is 6.07 Å². The van der Waals surface area contributed by atoms with Crippen molar-refractivity contribution in [2.24, 2.45) is 0 Å². The van der Waals surface area contributed by atoms with Gasteiger partial charge in [0.15, 0.2) is 5.78 Å². The average molecular weight is 338 g/mol. The third kappa shape index (κ3) is 3.93. The minimum atomic E-state index is -0.387. The molecule has 1 atom stereocenters. The number of thiophene rings is 1. The van der Waals surface area contributed by atoms with Gasteiger partial charge in [-0.05, 0) is 19.9 Å². The third-order valence-corrected chi connectivity index (χ3v) is 4.57. The maximum Gasteiger partial charge on any atom is 0.179 e. The summed E-state index contributed by atoms with van der Waals surface area (Å²) in [6, 6.07) is 1.60. The lowest BCUT2D eigenvalue weighted by atomic mass is 10.0. The number of morpholine rings is 1. The molecule has 0 aliphatic carbocycles. The van der Waals surface area contributed by atoms with Crippen LogP contribution in [0.15, 0.2) is 6.07 Å². The Morgan fingerprint density at radius 2 is 2.30 bits per heavy atom. The highest BCUT2D eigenvalue weighted by Crippen LogP contribution is 2.31. The number of hydrogen-bond acceptors (Lipinski definition) is 5. The number of aliphatic hydroxyl groups excluding tert-OH is 1. The number of ketones is 1. The molecule has 1 N–H and O–H groups in total. The number of halogens is 2. The maximum absolute atomic E-state index is 12.3. The Labute approximate surface area is 132 Å². The zero-order valence-electron chi connectivity index (χ0n) is 11.4. The van der Waals surface area contributed by atoms with Crippen LogP contribution >= 0.6 is 34.5 Å². The first-order valence-corrected chi connectivity index (χ1v) is 7.87. The van der Waals surface area contributed by atoms with Crippen molar-refractivity contribution in [2.45, 2.75) is 25.6 Å². The quantitative estimate of drug-likeness (QED) is 0.858. The first-order valence-electron chi connectivity index (χ1n) is 6.30. The van der Waals surface area contributed by atoms with E-state index in [2.05, 4.69) is 0 Å². The number of hydrogen-bond donors (Lipinski definition) is 1. The summed E-state index contributed by atoms with van der Waals surface area (Å²) in [7, 11) is 0. The summed E-state index contributed by atoms with van der Waals surface area (Å²) in [5, 5.41) is 9.27. The molecule has 0 radical (unpaired) electrons. The second-order valence-corrected chi connectivity index (χ2v) is 7.80. The molecule has 20 heavy (non-hydrogen) atoms. The van der Waals surface area contributed by atoms with Crippen LogP contribution in [0.2, 0.25) is 8.67 Å². The molecule has 2 heterocycles. The number of nitrogens with zero attached hydrogens (tertiary/aromatic N) is 1. The van der Waals surface area contributed by atoms with Crippen LogP contribution in [0.25, 0.3) is 0 Å². The topological polar surface area (TPSA) is 49.8 Å². The number of ether oxygens (including phenoxy) is 1. The lowest BCUT2D eigenvalue weighted by molar-refractivity contribution is -0.146. The Bertz CT molecular complexity index is 504. The Morgan fingerprint density at radius 3 is 2.85 bits per heavy atom. The Kier molecular flexibility index (Phi) is 5.10. The van der Waals surface area contributed by atoms with Crippen LogP contribution < -0.4 is 0 Å². The largest absolute Gasteiger partial charge is 0.394 e. The number of carbonyl (C=O) groups excluding carboxylic acids is 1. The molecule has 0 bridgehead atoms. The van der Waals surface area contributed by atoms with Crippen molar-refractivity contribution in [3.63, 3.8) is 0 Å². The molecule has 1 fully saturated rings. The molecule has 1 unspecified atom stereocenters. The number of Topliss-reactive ketones (excluding diaryl/α,β-unsaturated/α-hetero) is 1. The second-order valence-electron chi connectivity index (χ2n) is 5.51. The van der Waals surface area contributed by atoms with Crippen LogP contribution in [0.5, 0.6) is 0 Å². The second kappa shape index (κ2) is 6.30. The van der Waals surface area contributed by atoms with Crippen LogP contribution in [0.3, 0.4) is 0 Å². The summed E-state index contributed by atoms with van der Waals surface area (Å²) in [6.07, 6.45) is -0.270. The van der Waals surface area contributed by atoms with E-state index in [1.165, 1.54) is 11.3 Å². The van der Waals surface area contributed by atoms with E-state index in [4.69, 9.17) is 27.9 Å². The van der Waals surface area contributed by atoms with Gasteiger partial charge in [-0.3, -0.25) is 9.69 Å². The summed E-state index contributed by atoms with van der Waals surface area (Å²) in [5.41, 5.74) is 0.0775. The van der Waals surface area contributed by atoms with E-state index in [-0.39, 0.29) is 30.6 Å². The van der Waals surface area contributed by atoms with Gasteiger partial charge in [0, 0.05) is 13.1 Å². The van der Waals surface area contributed by atoms with Crippen molar-refractivity contribution >= 4 is 40.3 Å². The smallest absolute Gasteiger partial charge is 0.179 e. The highest BCUT2D eigenvalue weighted by atomic mass is 35.5. The molecule has 1 aromatic heterocycles. The highest BCUT2D eigenvalue weighted by Gasteiger charge is 2.34. The molecule has 1 aliphatic heterocycles. The Hall–Kier alpha value is -0.170. The first kappa shape index (κ1) is 16.2. The maximum atomic E-state index is 12.3. The van der Waals surface area contributed by atoms with Crippen molar-refractivity contribution in [3.8, 4) is 0 Å². The molecule has 0 aromatic carbocycles. The molecule has 0 saturated carbocycles. The molecule has 7 heteroatoms. The summed E-state index contributed by atoms with van der Waals surface area (Å²) < 4.78 is 6.65. The minimum absolute atomic E-state index is 0.0564. The average Bonchev–Trinajstić information content (AvgIpc) is 2.66. The molecular weight excluding hydrogens is 321 g/mol. The lowest BCUT2D eigenvalue weighted by Crippen LogP contribution is -2.54. The van der Waals surface area contributed by atoms with Crippen molar-refractivity contribution in [1.82, 2.24) is 4.90 Å². The number of carbonyl (C=O) groups is 1. The SMILES string of the molecule is CC1(C)CN(CC(=O)c2cc(Cl)sc2Cl)CC(CO)O1. The van der Waals surface area contributed by atoms with E-state index in [0.29, 0.717) is 27.3 Å². The molecule has 1 aromatic rings. The van der Waals surface area contributed by atoms with Gasteiger partial charge in [0.1, 0.15) is 4.34 Å². The van der Waals surface area contributed by atoms with Crippen molar-refractivity contribution in [1.29, 1.82) is 0 Å². The van der Waals surface area contributed by atoms with Gasteiger partial charge in [0.25, 0.3) is 0 Å². The molecule has 0 amide bonds. The van der Waals surface area contributed by atoms with E-state index in [9.17, 15) is 9.90 Å². The first-order chi connectivity index (χ1) is 9.30. The molecule has 112 valence electrons. The zero-order chi connectivity index (χ0) is 14.9. The fourth-order valence-corrected chi connectivity index (χ4v) is 3.95. The monoisotopic (exact) mass is 337 g/mol. The fraction of sp³-hybridized carbons (Fsp3) is 0.615. The fourth-order valence-electron chi connectivity index (χ4n) is 2.45. The van der Waals surface area contributed by atoms with Gasteiger partial charge in [0.05, 0.1) is 34.8 Å². The Balaban J connectivity index is 2.05. The van der Waals surface area contributed by atoms with Gasteiger partial charge < -0.3 is 9.84 Å². The van der Waals surface area contributed by atoms with Gasteiger partial charge >= 0.3 is 0 Å². The zero-order valence-corrected chi connectivity index (χ0v) is 13.7. The molecule has 4 nitrogen and oxygen atoms in total. The van der Waals surface area contributed by atoms with Crippen LogP contribution in [0.1, 0.15) is 24.2 Å². The Morgan fingerprint density at radius 1 is 1.60 bits per heavy atom. The molecule has 0 spiro atoms.